The van der Waals surface area contributed by atoms with Crippen LogP contribution < -0.4 is 10.1 Å². The number of hydrogen-bond donors (Lipinski definition) is 1. The Morgan fingerprint density at radius 1 is 1.08 bits per heavy atom. The number of carbonyl (C=O) groups is 1. The summed E-state index contributed by atoms with van der Waals surface area (Å²) in [4.78, 5) is 17.2. The molecule has 0 aliphatic carbocycles. The minimum Gasteiger partial charge on any atom is -0.497 e. The highest BCUT2D eigenvalue weighted by Crippen LogP contribution is 2.16. The van der Waals surface area contributed by atoms with E-state index < -0.39 is 0 Å². The Bertz CT molecular complexity index is 682. The number of amides is 2. The van der Waals surface area contributed by atoms with E-state index in [0.717, 1.165) is 43.2 Å². The second-order valence-corrected chi connectivity index (χ2v) is 6.61. The number of hydrogen-bond acceptors (Lipinski definition) is 3. The Balaban J connectivity index is 1.64. The van der Waals surface area contributed by atoms with Crippen molar-refractivity contribution in [3.05, 3.63) is 60.2 Å². The summed E-state index contributed by atoms with van der Waals surface area (Å²) in [6.07, 6.45) is 2.52. The molecule has 0 unspecified atom stereocenters. The molecular formula is C21H27N3O2. The SMILES string of the molecule is COc1ccc(NC(=O)N(CCN2CCCC2)Cc2ccccc2)cc1. The topological polar surface area (TPSA) is 44.8 Å². The molecule has 1 aliphatic heterocycles. The van der Waals surface area contributed by atoms with E-state index in [1.165, 1.54) is 12.8 Å². The van der Waals surface area contributed by atoms with Crippen molar-refractivity contribution in [1.29, 1.82) is 0 Å². The average Bonchev–Trinajstić information content (AvgIpc) is 3.20. The standard InChI is InChI=1S/C21H27N3O2/c1-26-20-11-9-19(10-12-20)22-21(25)24(16-15-23-13-5-6-14-23)17-18-7-3-2-4-8-18/h2-4,7-12H,5-6,13-17H2,1H3,(H,22,25). The third-order valence-electron chi connectivity index (χ3n) is 4.73. The van der Waals surface area contributed by atoms with Crippen LogP contribution in [0, 0.1) is 0 Å². The maximum Gasteiger partial charge on any atom is 0.322 e. The molecule has 5 nitrogen and oxygen atoms in total. The molecule has 1 aliphatic rings. The van der Waals surface area contributed by atoms with Crippen LogP contribution in [0.2, 0.25) is 0 Å². The van der Waals surface area contributed by atoms with E-state index in [2.05, 4.69) is 22.3 Å². The van der Waals surface area contributed by atoms with Gasteiger partial charge in [-0.3, -0.25) is 0 Å². The highest BCUT2D eigenvalue weighted by atomic mass is 16.5. The molecule has 1 heterocycles. The minimum atomic E-state index is -0.0711. The van der Waals surface area contributed by atoms with E-state index in [1.807, 2.05) is 47.4 Å². The lowest BCUT2D eigenvalue weighted by Crippen LogP contribution is -2.39. The molecule has 0 radical (unpaired) electrons. The Kier molecular flexibility index (Phi) is 6.50. The summed E-state index contributed by atoms with van der Waals surface area (Å²) in [5, 5.41) is 3.00. The van der Waals surface area contributed by atoms with E-state index in [9.17, 15) is 4.79 Å². The summed E-state index contributed by atoms with van der Waals surface area (Å²) in [6.45, 7) is 4.52. The van der Waals surface area contributed by atoms with Gasteiger partial charge >= 0.3 is 6.03 Å². The number of anilines is 1. The zero-order valence-corrected chi connectivity index (χ0v) is 15.4. The molecule has 0 aromatic heterocycles. The first-order valence-corrected chi connectivity index (χ1v) is 9.21. The number of nitrogens with one attached hydrogen (secondary N) is 1. The lowest BCUT2D eigenvalue weighted by molar-refractivity contribution is 0.198. The van der Waals surface area contributed by atoms with Gasteiger partial charge in [0.05, 0.1) is 7.11 Å². The van der Waals surface area contributed by atoms with Gasteiger partial charge in [-0.25, -0.2) is 4.79 Å². The summed E-state index contributed by atoms with van der Waals surface area (Å²) in [5.74, 6) is 0.776. The predicted octanol–water partition coefficient (Wildman–Crippen LogP) is 3.83. The maximum atomic E-state index is 12.8. The first kappa shape index (κ1) is 18.3. The Labute approximate surface area is 155 Å². The summed E-state index contributed by atoms with van der Waals surface area (Å²) in [5.41, 5.74) is 1.91. The van der Waals surface area contributed by atoms with Gasteiger partial charge in [0, 0.05) is 25.3 Å². The van der Waals surface area contributed by atoms with E-state index in [-0.39, 0.29) is 6.03 Å². The maximum absolute atomic E-state index is 12.8. The smallest absolute Gasteiger partial charge is 0.322 e. The molecule has 0 spiro atoms. The number of nitrogens with zero attached hydrogens (tertiary/aromatic N) is 2. The van der Waals surface area contributed by atoms with Crippen LogP contribution in [0.5, 0.6) is 5.75 Å². The fourth-order valence-corrected chi connectivity index (χ4v) is 3.20. The second kappa shape index (κ2) is 9.25. The number of ether oxygens (including phenoxy) is 1. The molecule has 3 rings (SSSR count). The van der Waals surface area contributed by atoms with Crippen LogP contribution >= 0.6 is 0 Å². The summed E-state index contributed by atoms with van der Waals surface area (Å²) < 4.78 is 5.17. The van der Waals surface area contributed by atoms with Crippen molar-refractivity contribution in [2.24, 2.45) is 0 Å². The van der Waals surface area contributed by atoms with Gasteiger partial charge in [0.1, 0.15) is 5.75 Å². The lowest BCUT2D eigenvalue weighted by Gasteiger charge is -2.26. The molecule has 26 heavy (non-hydrogen) atoms. The van der Waals surface area contributed by atoms with Crippen molar-refractivity contribution < 1.29 is 9.53 Å². The molecule has 2 aromatic carbocycles. The molecule has 5 heteroatoms. The highest BCUT2D eigenvalue weighted by molar-refractivity contribution is 5.89. The van der Waals surface area contributed by atoms with E-state index in [4.69, 9.17) is 4.74 Å². The fraction of sp³-hybridized carbons (Fsp3) is 0.381. The quantitative estimate of drug-likeness (QED) is 0.823. The van der Waals surface area contributed by atoms with Crippen molar-refractivity contribution in [2.45, 2.75) is 19.4 Å². The van der Waals surface area contributed by atoms with Crippen LogP contribution in [-0.4, -0.2) is 49.1 Å². The van der Waals surface area contributed by atoms with Crippen molar-refractivity contribution in [3.8, 4) is 5.75 Å². The molecule has 2 amide bonds. The van der Waals surface area contributed by atoms with Crippen LogP contribution in [-0.2, 0) is 6.54 Å². The summed E-state index contributed by atoms with van der Waals surface area (Å²) in [6, 6.07) is 17.5. The molecular weight excluding hydrogens is 326 g/mol. The zero-order valence-electron chi connectivity index (χ0n) is 15.4. The van der Waals surface area contributed by atoms with Crippen LogP contribution in [0.25, 0.3) is 0 Å². The van der Waals surface area contributed by atoms with Gasteiger partial charge in [-0.1, -0.05) is 30.3 Å². The van der Waals surface area contributed by atoms with Crippen LogP contribution in [0.3, 0.4) is 0 Å². The number of urea groups is 1. The largest absolute Gasteiger partial charge is 0.497 e. The van der Waals surface area contributed by atoms with Crippen molar-refractivity contribution in [3.63, 3.8) is 0 Å². The number of rotatable bonds is 7. The van der Waals surface area contributed by atoms with Crippen molar-refractivity contribution >= 4 is 11.7 Å². The van der Waals surface area contributed by atoms with Crippen LogP contribution in [0.15, 0.2) is 54.6 Å². The first-order chi connectivity index (χ1) is 12.7. The number of likely N-dealkylation sites (tertiary alicyclic amines) is 1. The summed E-state index contributed by atoms with van der Waals surface area (Å²) >= 11 is 0. The van der Waals surface area contributed by atoms with Gasteiger partial charge in [-0.2, -0.15) is 0 Å². The first-order valence-electron chi connectivity index (χ1n) is 9.21. The molecule has 2 aromatic rings. The van der Waals surface area contributed by atoms with Crippen molar-refractivity contribution in [2.75, 3.05) is 38.6 Å². The molecule has 1 fully saturated rings. The molecule has 1 saturated heterocycles. The third-order valence-corrected chi connectivity index (χ3v) is 4.73. The lowest BCUT2D eigenvalue weighted by atomic mass is 10.2. The molecule has 138 valence electrons. The predicted molar refractivity (Wildman–Crippen MR) is 105 cm³/mol. The average molecular weight is 353 g/mol. The van der Waals surface area contributed by atoms with E-state index in [1.54, 1.807) is 7.11 Å². The molecule has 0 bridgehead atoms. The van der Waals surface area contributed by atoms with Gasteiger partial charge < -0.3 is 19.9 Å². The van der Waals surface area contributed by atoms with Gasteiger partial charge in [0.25, 0.3) is 0 Å². The third kappa shape index (κ3) is 5.23. The Morgan fingerprint density at radius 3 is 2.42 bits per heavy atom. The molecule has 0 saturated carbocycles. The van der Waals surface area contributed by atoms with Crippen molar-refractivity contribution in [1.82, 2.24) is 9.80 Å². The highest BCUT2D eigenvalue weighted by Gasteiger charge is 2.17. The normalized spacial score (nSPS) is 14.2. The Morgan fingerprint density at radius 2 is 1.77 bits per heavy atom. The number of methoxy groups -OCH3 is 1. The monoisotopic (exact) mass is 353 g/mol. The number of benzene rings is 2. The summed E-state index contributed by atoms with van der Waals surface area (Å²) in [7, 11) is 1.63. The van der Waals surface area contributed by atoms with Crippen LogP contribution in [0.1, 0.15) is 18.4 Å². The fourth-order valence-electron chi connectivity index (χ4n) is 3.20. The second-order valence-electron chi connectivity index (χ2n) is 6.61. The van der Waals surface area contributed by atoms with Gasteiger partial charge in [0.2, 0.25) is 0 Å². The van der Waals surface area contributed by atoms with Gasteiger partial charge in [-0.15, -0.1) is 0 Å². The Hall–Kier alpha value is -2.53. The number of carbonyl (C=O) groups excluding carboxylic acids is 1. The van der Waals surface area contributed by atoms with Gasteiger partial charge in [-0.05, 0) is 55.8 Å². The molecule has 1 N–H and O–H groups in total. The van der Waals surface area contributed by atoms with E-state index >= 15 is 0 Å². The van der Waals surface area contributed by atoms with Gasteiger partial charge in [0.15, 0.2) is 0 Å². The zero-order chi connectivity index (χ0) is 18.2. The molecule has 0 atom stereocenters. The van der Waals surface area contributed by atoms with Crippen LogP contribution in [0.4, 0.5) is 10.5 Å². The minimum absolute atomic E-state index is 0.0711. The van der Waals surface area contributed by atoms with E-state index in [0.29, 0.717) is 6.54 Å².